The fourth-order valence-corrected chi connectivity index (χ4v) is 1.95. The van der Waals surface area contributed by atoms with E-state index in [-0.39, 0.29) is 12.5 Å². The van der Waals surface area contributed by atoms with Gasteiger partial charge >= 0.3 is 0 Å². The van der Waals surface area contributed by atoms with E-state index in [2.05, 4.69) is 15.6 Å². The number of aromatic nitrogens is 3. The predicted octanol–water partition coefficient (Wildman–Crippen LogP) is 1.90. The number of benzene rings is 1. The van der Waals surface area contributed by atoms with Gasteiger partial charge in [-0.05, 0) is 31.5 Å². The van der Waals surface area contributed by atoms with Crippen LogP contribution in [0.25, 0.3) is 0 Å². The molecule has 0 saturated heterocycles. The Balaban J connectivity index is 2.13. The van der Waals surface area contributed by atoms with Crippen LogP contribution in [0, 0.1) is 6.92 Å². The van der Waals surface area contributed by atoms with Crippen LogP contribution in [0.2, 0.25) is 5.02 Å². The number of carbonyl (C=O) groups excluding carboxylic acids is 1. The van der Waals surface area contributed by atoms with Crippen LogP contribution in [-0.4, -0.2) is 20.9 Å². The molecule has 2 rings (SSSR count). The second kappa shape index (κ2) is 6.02. The Labute approximate surface area is 121 Å². The van der Waals surface area contributed by atoms with Gasteiger partial charge in [0.2, 0.25) is 5.91 Å². The molecule has 3 N–H and O–H groups in total. The third kappa shape index (κ3) is 2.97. The van der Waals surface area contributed by atoms with Crippen LogP contribution in [0.15, 0.2) is 24.4 Å². The lowest BCUT2D eigenvalue weighted by Crippen LogP contribution is -2.26. The number of halogens is 1. The molecule has 2 aromatic rings. The summed E-state index contributed by atoms with van der Waals surface area (Å²) in [7, 11) is 0. The second-order valence-electron chi connectivity index (χ2n) is 4.50. The fraction of sp³-hybridized carbons (Fsp3) is 0.308. The van der Waals surface area contributed by atoms with Gasteiger partial charge in [0.25, 0.3) is 0 Å². The maximum absolute atomic E-state index is 12.2. The highest BCUT2D eigenvalue weighted by Crippen LogP contribution is 2.21. The van der Waals surface area contributed by atoms with Gasteiger partial charge in [0.15, 0.2) is 0 Å². The van der Waals surface area contributed by atoms with Crippen molar-refractivity contribution in [3.8, 4) is 0 Å². The lowest BCUT2D eigenvalue weighted by Gasteiger charge is -2.14. The maximum Gasteiger partial charge on any atom is 0.249 e. The highest BCUT2D eigenvalue weighted by atomic mass is 35.5. The predicted molar refractivity (Wildman–Crippen MR) is 77.4 cm³/mol. The van der Waals surface area contributed by atoms with Crippen molar-refractivity contribution in [2.45, 2.75) is 26.4 Å². The van der Waals surface area contributed by atoms with Gasteiger partial charge in [0.1, 0.15) is 6.04 Å². The minimum absolute atomic E-state index is 0.204. The van der Waals surface area contributed by atoms with E-state index in [0.717, 1.165) is 5.56 Å². The summed E-state index contributed by atoms with van der Waals surface area (Å²) in [6.07, 6.45) is 1.55. The molecule has 106 valence electrons. The Morgan fingerprint density at radius 3 is 2.95 bits per heavy atom. The standard InChI is InChI=1S/C13H16ClN5O/c1-8-3-4-10(5-12(8)14)17-13(20)9(2)19-11(6-15)7-16-18-19/h3-5,7,9H,6,15H2,1-2H3,(H,17,20). The number of nitrogens with zero attached hydrogens (tertiary/aromatic N) is 3. The monoisotopic (exact) mass is 293 g/mol. The van der Waals surface area contributed by atoms with Crippen molar-refractivity contribution in [3.05, 3.63) is 40.7 Å². The van der Waals surface area contributed by atoms with Crippen LogP contribution in [0.5, 0.6) is 0 Å². The van der Waals surface area contributed by atoms with E-state index in [1.54, 1.807) is 25.3 Å². The molecule has 0 saturated carbocycles. The maximum atomic E-state index is 12.2. The number of anilines is 1. The zero-order valence-corrected chi connectivity index (χ0v) is 12.1. The van der Waals surface area contributed by atoms with Gasteiger partial charge in [0, 0.05) is 17.3 Å². The number of rotatable bonds is 4. The third-order valence-corrected chi connectivity index (χ3v) is 3.45. The number of nitrogens with one attached hydrogen (secondary N) is 1. The molecule has 1 atom stereocenters. The van der Waals surface area contributed by atoms with Crippen molar-refractivity contribution in [2.75, 3.05) is 5.32 Å². The van der Waals surface area contributed by atoms with Crippen LogP contribution in [0.4, 0.5) is 5.69 Å². The second-order valence-corrected chi connectivity index (χ2v) is 4.91. The van der Waals surface area contributed by atoms with Crippen molar-refractivity contribution in [1.82, 2.24) is 15.0 Å². The molecule has 1 unspecified atom stereocenters. The summed E-state index contributed by atoms with van der Waals surface area (Å²) in [4.78, 5) is 12.2. The summed E-state index contributed by atoms with van der Waals surface area (Å²) < 4.78 is 1.51. The van der Waals surface area contributed by atoms with E-state index >= 15 is 0 Å². The first-order valence-electron chi connectivity index (χ1n) is 6.19. The minimum Gasteiger partial charge on any atom is -0.325 e. The van der Waals surface area contributed by atoms with Gasteiger partial charge in [-0.3, -0.25) is 4.79 Å². The van der Waals surface area contributed by atoms with Gasteiger partial charge in [-0.25, -0.2) is 4.68 Å². The smallest absolute Gasteiger partial charge is 0.249 e. The van der Waals surface area contributed by atoms with Gasteiger partial charge in [-0.2, -0.15) is 0 Å². The SMILES string of the molecule is Cc1ccc(NC(=O)C(C)n2nncc2CN)cc1Cl. The van der Waals surface area contributed by atoms with E-state index in [0.29, 0.717) is 16.4 Å². The molecule has 0 aliphatic carbocycles. The van der Waals surface area contributed by atoms with Crippen LogP contribution in [0.1, 0.15) is 24.2 Å². The molecule has 0 aliphatic rings. The zero-order valence-electron chi connectivity index (χ0n) is 11.3. The van der Waals surface area contributed by atoms with Crippen molar-refractivity contribution >= 4 is 23.2 Å². The Morgan fingerprint density at radius 1 is 1.55 bits per heavy atom. The summed E-state index contributed by atoms with van der Waals surface area (Å²) in [5, 5.41) is 11.0. The molecule has 1 heterocycles. The van der Waals surface area contributed by atoms with Gasteiger partial charge < -0.3 is 11.1 Å². The summed E-state index contributed by atoms with van der Waals surface area (Å²) in [5.74, 6) is -0.204. The van der Waals surface area contributed by atoms with Crippen LogP contribution < -0.4 is 11.1 Å². The van der Waals surface area contributed by atoms with Gasteiger partial charge in [-0.1, -0.05) is 22.9 Å². The Hall–Kier alpha value is -1.92. The summed E-state index contributed by atoms with van der Waals surface area (Å²) >= 11 is 6.03. The molecule has 6 nitrogen and oxygen atoms in total. The Morgan fingerprint density at radius 2 is 2.30 bits per heavy atom. The van der Waals surface area contributed by atoms with Crippen molar-refractivity contribution in [2.24, 2.45) is 5.73 Å². The molecule has 0 spiro atoms. The van der Waals surface area contributed by atoms with Crippen LogP contribution in [0.3, 0.4) is 0 Å². The highest BCUT2D eigenvalue weighted by Gasteiger charge is 2.18. The van der Waals surface area contributed by atoms with E-state index in [1.165, 1.54) is 4.68 Å². The summed E-state index contributed by atoms with van der Waals surface area (Å²) in [6, 6.07) is 4.86. The highest BCUT2D eigenvalue weighted by molar-refractivity contribution is 6.31. The fourth-order valence-electron chi connectivity index (χ4n) is 1.77. The number of hydrogen-bond acceptors (Lipinski definition) is 4. The number of amides is 1. The van der Waals surface area contributed by atoms with Crippen LogP contribution >= 0.6 is 11.6 Å². The third-order valence-electron chi connectivity index (χ3n) is 3.04. The molecule has 0 aliphatic heterocycles. The lowest BCUT2D eigenvalue weighted by atomic mass is 10.2. The first-order chi connectivity index (χ1) is 9.52. The molecule has 0 fully saturated rings. The van der Waals surface area contributed by atoms with E-state index in [4.69, 9.17) is 17.3 Å². The van der Waals surface area contributed by atoms with Crippen LogP contribution in [-0.2, 0) is 11.3 Å². The molecule has 1 amide bonds. The molecular weight excluding hydrogens is 278 g/mol. The molecule has 1 aromatic carbocycles. The average molecular weight is 294 g/mol. The Bertz CT molecular complexity index is 625. The molecular formula is C13H16ClN5O. The molecule has 20 heavy (non-hydrogen) atoms. The largest absolute Gasteiger partial charge is 0.325 e. The van der Waals surface area contributed by atoms with E-state index < -0.39 is 6.04 Å². The molecule has 1 aromatic heterocycles. The minimum atomic E-state index is -0.504. The number of aryl methyl sites for hydroxylation is 1. The van der Waals surface area contributed by atoms with E-state index in [9.17, 15) is 4.79 Å². The topological polar surface area (TPSA) is 85.8 Å². The van der Waals surface area contributed by atoms with Gasteiger partial charge in [-0.15, -0.1) is 5.10 Å². The first kappa shape index (κ1) is 14.5. The number of nitrogens with two attached hydrogens (primary N) is 1. The van der Waals surface area contributed by atoms with Crippen molar-refractivity contribution in [1.29, 1.82) is 0 Å². The Kier molecular flexibility index (Phi) is 4.36. The normalized spacial score (nSPS) is 12.2. The quantitative estimate of drug-likeness (QED) is 0.901. The van der Waals surface area contributed by atoms with Gasteiger partial charge in [0.05, 0.1) is 11.9 Å². The van der Waals surface area contributed by atoms with E-state index in [1.807, 2.05) is 13.0 Å². The van der Waals surface area contributed by atoms with Crippen molar-refractivity contribution in [3.63, 3.8) is 0 Å². The first-order valence-corrected chi connectivity index (χ1v) is 6.57. The zero-order chi connectivity index (χ0) is 14.7. The summed E-state index contributed by atoms with van der Waals surface area (Å²) in [5.41, 5.74) is 7.88. The van der Waals surface area contributed by atoms with Crippen molar-refractivity contribution < 1.29 is 4.79 Å². The number of carbonyl (C=O) groups is 1. The lowest BCUT2D eigenvalue weighted by molar-refractivity contribution is -0.119. The average Bonchev–Trinajstić information content (AvgIpc) is 2.90. The molecule has 7 heteroatoms. The number of hydrogen-bond donors (Lipinski definition) is 2. The molecule has 0 radical (unpaired) electrons. The molecule has 0 bridgehead atoms. The summed E-state index contributed by atoms with van der Waals surface area (Å²) in [6.45, 7) is 3.92.